The molecule has 2 atom stereocenters. The van der Waals surface area contributed by atoms with Gasteiger partial charge in [0.1, 0.15) is 5.78 Å². The zero-order chi connectivity index (χ0) is 8.97. The Hall–Kier alpha value is 0.0200. The topological polar surface area (TPSA) is 17.1 Å². The fraction of sp³-hybridized carbons (Fsp3) is 0.900. The van der Waals surface area contributed by atoms with Gasteiger partial charge in [-0.25, -0.2) is 0 Å². The van der Waals surface area contributed by atoms with Crippen molar-refractivity contribution in [2.45, 2.75) is 44.3 Å². The van der Waals surface area contributed by atoms with E-state index in [4.69, 9.17) is 0 Å². The van der Waals surface area contributed by atoms with Gasteiger partial charge in [-0.1, -0.05) is 13.3 Å². The maximum atomic E-state index is 11.2. The third-order valence-corrected chi connectivity index (χ3v) is 3.87. The first-order valence-corrected chi connectivity index (χ1v) is 6.11. The van der Waals surface area contributed by atoms with Gasteiger partial charge in [-0.2, -0.15) is 11.8 Å². The van der Waals surface area contributed by atoms with Gasteiger partial charge in [0.2, 0.25) is 0 Å². The first-order valence-electron chi connectivity index (χ1n) is 4.82. The molecule has 1 nitrogen and oxygen atoms in total. The van der Waals surface area contributed by atoms with Crippen molar-refractivity contribution in [3.8, 4) is 0 Å². The third-order valence-electron chi connectivity index (χ3n) is 2.71. The lowest BCUT2D eigenvalue weighted by Crippen LogP contribution is -2.26. The molecule has 0 spiro atoms. The van der Waals surface area contributed by atoms with Gasteiger partial charge >= 0.3 is 0 Å². The molecule has 0 aromatic carbocycles. The van der Waals surface area contributed by atoms with Crippen LogP contribution >= 0.6 is 11.8 Å². The summed E-state index contributed by atoms with van der Waals surface area (Å²) in [4.78, 5) is 11.2. The van der Waals surface area contributed by atoms with Crippen molar-refractivity contribution in [2.75, 3.05) is 6.26 Å². The quantitative estimate of drug-likeness (QED) is 0.674. The zero-order valence-electron chi connectivity index (χ0n) is 8.01. The average molecular weight is 186 g/mol. The van der Waals surface area contributed by atoms with E-state index in [0.29, 0.717) is 11.0 Å². The van der Waals surface area contributed by atoms with Gasteiger partial charge in [0.15, 0.2) is 0 Å². The average Bonchev–Trinajstić information content (AvgIpc) is 2.08. The molecule has 0 radical (unpaired) electrons. The van der Waals surface area contributed by atoms with Crippen LogP contribution in [0.1, 0.15) is 39.0 Å². The maximum absolute atomic E-state index is 11.2. The minimum Gasteiger partial charge on any atom is -0.300 e. The molecule has 2 unspecified atom stereocenters. The van der Waals surface area contributed by atoms with Crippen LogP contribution in [0.4, 0.5) is 0 Å². The smallest absolute Gasteiger partial charge is 0.134 e. The summed E-state index contributed by atoms with van der Waals surface area (Å²) < 4.78 is 0. The van der Waals surface area contributed by atoms with Crippen LogP contribution in [0.5, 0.6) is 0 Å². The van der Waals surface area contributed by atoms with E-state index in [-0.39, 0.29) is 0 Å². The minimum absolute atomic E-state index is 0.474. The van der Waals surface area contributed by atoms with Gasteiger partial charge in [-0.05, 0) is 25.0 Å². The standard InChI is InChI=1S/C10H18OS/c1-3-4-8-5-6-9(11)7-10(8)12-2/h8,10H,3-7H2,1-2H3. The normalized spacial score (nSPS) is 30.7. The summed E-state index contributed by atoms with van der Waals surface area (Å²) in [6.45, 7) is 2.23. The molecular weight excluding hydrogens is 168 g/mol. The van der Waals surface area contributed by atoms with Crippen LogP contribution < -0.4 is 0 Å². The van der Waals surface area contributed by atoms with Crippen molar-refractivity contribution in [3.05, 3.63) is 0 Å². The van der Waals surface area contributed by atoms with Crippen molar-refractivity contribution >= 4 is 17.5 Å². The molecule has 0 saturated heterocycles. The lowest BCUT2D eigenvalue weighted by atomic mass is 9.85. The first kappa shape index (κ1) is 10.1. The Balaban J connectivity index is 2.44. The van der Waals surface area contributed by atoms with E-state index in [0.717, 1.165) is 25.2 Å². The van der Waals surface area contributed by atoms with Crippen molar-refractivity contribution in [2.24, 2.45) is 5.92 Å². The second-order valence-electron chi connectivity index (χ2n) is 3.60. The molecule has 1 saturated carbocycles. The number of carbonyl (C=O) groups is 1. The molecule has 1 aliphatic carbocycles. The Morgan fingerprint density at radius 1 is 1.58 bits per heavy atom. The van der Waals surface area contributed by atoms with Crippen LogP contribution in [0.25, 0.3) is 0 Å². The van der Waals surface area contributed by atoms with Crippen molar-refractivity contribution in [3.63, 3.8) is 0 Å². The molecule has 0 aromatic rings. The number of thioether (sulfide) groups is 1. The van der Waals surface area contributed by atoms with Crippen molar-refractivity contribution in [1.82, 2.24) is 0 Å². The van der Waals surface area contributed by atoms with E-state index in [1.54, 1.807) is 0 Å². The summed E-state index contributed by atoms with van der Waals surface area (Å²) in [5, 5.41) is 0.617. The molecular formula is C10H18OS. The highest BCUT2D eigenvalue weighted by molar-refractivity contribution is 7.99. The van der Waals surface area contributed by atoms with E-state index in [1.165, 1.54) is 12.8 Å². The summed E-state index contributed by atoms with van der Waals surface area (Å²) in [6, 6.07) is 0. The number of carbonyl (C=O) groups excluding carboxylic acids is 1. The predicted octanol–water partition coefficient (Wildman–Crippen LogP) is 2.89. The molecule has 0 aromatic heterocycles. The second kappa shape index (κ2) is 4.90. The fourth-order valence-electron chi connectivity index (χ4n) is 2.00. The number of Topliss-reactive ketones (excluding diaryl/α,β-unsaturated/α-hetero) is 1. The number of rotatable bonds is 3. The Morgan fingerprint density at radius 2 is 2.33 bits per heavy atom. The van der Waals surface area contributed by atoms with Crippen LogP contribution in [-0.4, -0.2) is 17.3 Å². The molecule has 1 rings (SSSR count). The van der Waals surface area contributed by atoms with Crippen molar-refractivity contribution in [1.29, 1.82) is 0 Å². The monoisotopic (exact) mass is 186 g/mol. The highest BCUT2D eigenvalue weighted by Crippen LogP contribution is 2.33. The first-order chi connectivity index (χ1) is 5.77. The molecule has 1 fully saturated rings. The Kier molecular flexibility index (Phi) is 4.13. The van der Waals surface area contributed by atoms with Crippen LogP contribution in [0, 0.1) is 5.92 Å². The molecule has 1 aliphatic rings. The molecule has 0 amide bonds. The third kappa shape index (κ3) is 2.51. The van der Waals surface area contributed by atoms with E-state index >= 15 is 0 Å². The molecule has 12 heavy (non-hydrogen) atoms. The predicted molar refractivity (Wildman–Crippen MR) is 54.6 cm³/mol. The van der Waals surface area contributed by atoms with Gasteiger partial charge < -0.3 is 0 Å². The Labute approximate surface area is 79.3 Å². The molecule has 2 heteroatoms. The summed E-state index contributed by atoms with van der Waals surface area (Å²) >= 11 is 1.88. The molecule has 0 N–H and O–H groups in total. The van der Waals surface area contributed by atoms with E-state index in [2.05, 4.69) is 13.2 Å². The van der Waals surface area contributed by atoms with Gasteiger partial charge in [0.05, 0.1) is 0 Å². The summed E-state index contributed by atoms with van der Waals surface area (Å²) in [7, 11) is 0. The van der Waals surface area contributed by atoms with E-state index in [1.807, 2.05) is 11.8 Å². The molecule has 70 valence electrons. The summed E-state index contributed by atoms with van der Waals surface area (Å²) in [6.07, 6.45) is 7.49. The lowest BCUT2D eigenvalue weighted by molar-refractivity contribution is -0.120. The fourth-order valence-corrected chi connectivity index (χ4v) is 3.01. The van der Waals surface area contributed by atoms with Crippen LogP contribution in [0.3, 0.4) is 0 Å². The van der Waals surface area contributed by atoms with Gasteiger partial charge in [-0.15, -0.1) is 0 Å². The number of hydrogen-bond donors (Lipinski definition) is 0. The minimum atomic E-state index is 0.474. The Bertz CT molecular complexity index is 156. The van der Waals surface area contributed by atoms with Crippen LogP contribution in [0.2, 0.25) is 0 Å². The number of ketones is 1. The molecule has 0 aliphatic heterocycles. The Morgan fingerprint density at radius 3 is 2.92 bits per heavy atom. The second-order valence-corrected chi connectivity index (χ2v) is 4.68. The summed E-state index contributed by atoms with van der Waals surface area (Å²) in [5.74, 6) is 1.28. The highest BCUT2D eigenvalue weighted by Gasteiger charge is 2.27. The molecule has 0 bridgehead atoms. The number of hydrogen-bond acceptors (Lipinski definition) is 2. The van der Waals surface area contributed by atoms with Gasteiger partial charge in [0.25, 0.3) is 0 Å². The van der Waals surface area contributed by atoms with Crippen molar-refractivity contribution < 1.29 is 4.79 Å². The van der Waals surface area contributed by atoms with E-state index in [9.17, 15) is 4.79 Å². The summed E-state index contributed by atoms with van der Waals surface area (Å²) in [5.41, 5.74) is 0. The zero-order valence-corrected chi connectivity index (χ0v) is 8.82. The van der Waals surface area contributed by atoms with Crippen LogP contribution in [-0.2, 0) is 4.79 Å². The van der Waals surface area contributed by atoms with Gasteiger partial charge in [0, 0.05) is 18.1 Å². The lowest BCUT2D eigenvalue weighted by Gasteiger charge is -2.29. The van der Waals surface area contributed by atoms with Gasteiger partial charge in [-0.3, -0.25) is 4.79 Å². The molecule has 0 heterocycles. The highest BCUT2D eigenvalue weighted by atomic mass is 32.2. The van der Waals surface area contributed by atoms with Crippen LogP contribution in [0.15, 0.2) is 0 Å². The SMILES string of the molecule is CCCC1CCC(=O)CC1SC. The largest absolute Gasteiger partial charge is 0.300 e. The maximum Gasteiger partial charge on any atom is 0.134 e. The van der Waals surface area contributed by atoms with E-state index < -0.39 is 0 Å².